The summed E-state index contributed by atoms with van der Waals surface area (Å²) in [6.07, 6.45) is 6.78. The predicted molar refractivity (Wildman–Crippen MR) is 108 cm³/mol. The summed E-state index contributed by atoms with van der Waals surface area (Å²) in [6, 6.07) is 5.37. The Labute approximate surface area is 165 Å². The SMILES string of the molecule is C=CCN(C(=O)c1cc(Cl)cc(OCCCOCC(=N)N)c1)C1CCCC1. The Morgan fingerprint density at radius 3 is 2.74 bits per heavy atom. The zero-order valence-corrected chi connectivity index (χ0v) is 16.3. The molecule has 0 atom stereocenters. The maximum absolute atomic E-state index is 13.0. The Bertz CT molecular complexity index is 660. The first-order valence-corrected chi connectivity index (χ1v) is 9.65. The number of amides is 1. The summed E-state index contributed by atoms with van der Waals surface area (Å²) in [4.78, 5) is 14.9. The molecular formula is C20H28ClN3O3. The van der Waals surface area contributed by atoms with Crippen molar-refractivity contribution in [1.82, 2.24) is 4.90 Å². The summed E-state index contributed by atoms with van der Waals surface area (Å²) in [7, 11) is 0. The van der Waals surface area contributed by atoms with Crippen molar-refractivity contribution in [3.63, 3.8) is 0 Å². The van der Waals surface area contributed by atoms with Crippen LogP contribution < -0.4 is 10.5 Å². The number of benzene rings is 1. The third-order valence-electron chi connectivity index (χ3n) is 4.43. The van der Waals surface area contributed by atoms with Crippen molar-refractivity contribution in [3.05, 3.63) is 41.4 Å². The number of hydrogen-bond acceptors (Lipinski definition) is 4. The van der Waals surface area contributed by atoms with Gasteiger partial charge in [-0.05, 0) is 31.0 Å². The lowest BCUT2D eigenvalue weighted by molar-refractivity contribution is 0.0706. The molecular weight excluding hydrogens is 366 g/mol. The molecule has 3 N–H and O–H groups in total. The van der Waals surface area contributed by atoms with Gasteiger partial charge in [-0.25, -0.2) is 0 Å². The predicted octanol–water partition coefficient (Wildman–Crippen LogP) is 3.63. The molecule has 1 amide bonds. The van der Waals surface area contributed by atoms with Gasteiger partial charge in [-0.3, -0.25) is 10.2 Å². The molecule has 1 aliphatic carbocycles. The number of rotatable bonds is 11. The first-order chi connectivity index (χ1) is 13.0. The fourth-order valence-electron chi connectivity index (χ4n) is 3.22. The number of nitrogens with zero attached hydrogens (tertiary/aromatic N) is 1. The molecule has 27 heavy (non-hydrogen) atoms. The van der Waals surface area contributed by atoms with Crippen LogP contribution in [0.25, 0.3) is 0 Å². The third-order valence-corrected chi connectivity index (χ3v) is 4.65. The molecule has 1 saturated carbocycles. The van der Waals surface area contributed by atoms with Gasteiger partial charge in [0.2, 0.25) is 0 Å². The minimum atomic E-state index is -0.0426. The molecule has 0 aromatic heterocycles. The van der Waals surface area contributed by atoms with E-state index in [9.17, 15) is 4.79 Å². The van der Waals surface area contributed by atoms with E-state index in [4.69, 9.17) is 32.2 Å². The lowest BCUT2D eigenvalue weighted by Gasteiger charge is -2.28. The number of nitrogens with one attached hydrogen (secondary N) is 1. The molecule has 6 nitrogen and oxygen atoms in total. The minimum absolute atomic E-state index is 0.000236. The maximum Gasteiger partial charge on any atom is 0.254 e. The van der Waals surface area contributed by atoms with E-state index in [0.29, 0.717) is 42.5 Å². The van der Waals surface area contributed by atoms with Gasteiger partial charge in [-0.15, -0.1) is 6.58 Å². The number of halogens is 1. The number of ether oxygens (including phenoxy) is 2. The van der Waals surface area contributed by atoms with Gasteiger partial charge in [-0.1, -0.05) is 30.5 Å². The van der Waals surface area contributed by atoms with Gasteiger partial charge in [0.25, 0.3) is 5.91 Å². The molecule has 0 saturated heterocycles. The first kappa shape index (κ1) is 21.3. The topological polar surface area (TPSA) is 88.6 Å². The van der Waals surface area contributed by atoms with Crippen molar-refractivity contribution in [3.8, 4) is 5.75 Å². The number of hydrogen-bond donors (Lipinski definition) is 2. The Hall–Kier alpha value is -2.05. The van der Waals surface area contributed by atoms with Gasteiger partial charge < -0.3 is 20.1 Å². The van der Waals surface area contributed by atoms with E-state index in [1.54, 1.807) is 24.3 Å². The van der Waals surface area contributed by atoms with Crippen molar-refractivity contribution in [1.29, 1.82) is 5.41 Å². The molecule has 148 valence electrons. The van der Waals surface area contributed by atoms with Crippen LogP contribution in [-0.2, 0) is 4.74 Å². The van der Waals surface area contributed by atoms with E-state index in [0.717, 1.165) is 25.7 Å². The average Bonchev–Trinajstić information content (AvgIpc) is 3.15. The van der Waals surface area contributed by atoms with Crippen molar-refractivity contribution < 1.29 is 14.3 Å². The Morgan fingerprint density at radius 1 is 1.33 bits per heavy atom. The molecule has 0 spiro atoms. The van der Waals surface area contributed by atoms with Gasteiger partial charge in [0.15, 0.2) is 0 Å². The number of amidine groups is 1. The van der Waals surface area contributed by atoms with E-state index in [2.05, 4.69) is 6.58 Å². The largest absolute Gasteiger partial charge is 0.493 e. The normalized spacial score (nSPS) is 14.1. The molecule has 0 aliphatic heterocycles. The molecule has 1 aromatic carbocycles. The second-order valence-electron chi connectivity index (χ2n) is 6.64. The van der Waals surface area contributed by atoms with Gasteiger partial charge in [-0.2, -0.15) is 0 Å². The minimum Gasteiger partial charge on any atom is -0.493 e. The van der Waals surface area contributed by atoms with Crippen LogP contribution in [0, 0.1) is 5.41 Å². The smallest absolute Gasteiger partial charge is 0.254 e. The number of nitrogens with two attached hydrogens (primary N) is 1. The van der Waals surface area contributed by atoms with Gasteiger partial charge in [0.05, 0.1) is 13.2 Å². The van der Waals surface area contributed by atoms with E-state index < -0.39 is 0 Å². The summed E-state index contributed by atoms with van der Waals surface area (Å²) in [5.41, 5.74) is 5.75. The molecule has 0 bridgehead atoms. The summed E-state index contributed by atoms with van der Waals surface area (Å²) in [6.45, 7) is 5.30. The van der Waals surface area contributed by atoms with Crippen LogP contribution in [0.4, 0.5) is 0 Å². The lowest BCUT2D eigenvalue weighted by atomic mass is 10.1. The quantitative estimate of drug-likeness (QED) is 0.260. The van der Waals surface area contributed by atoms with E-state index >= 15 is 0 Å². The number of carbonyl (C=O) groups is 1. The van der Waals surface area contributed by atoms with Crippen LogP contribution in [-0.4, -0.2) is 49.0 Å². The Balaban J connectivity index is 1.96. The fourth-order valence-corrected chi connectivity index (χ4v) is 3.45. The maximum atomic E-state index is 13.0. The molecule has 2 rings (SSSR count). The van der Waals surface area contributed by atoms with Crippen LogP contribution in [0.15, 0.2) is 30.9 Å². The van der Waals surface area contributed by atoms with E-state index in [1.165, 1.54) is 0 Å². The zero-order chi connectivity index (χ0) is 19.6. The fraction of sp³-hybridized carbons (Fsp3) is 0.500. The van der Waals surface area contributed by atoms with Crippen LogP contribution in [0.5, 0.6) is 5.75 Å². The summed E-state index contributed by atoms with van der Waals surface area (Å²) >= 11 is 6.20. The van der Waals surface area contributed by atoms with Gasteiger partial charge >= 0.3 is 0 Å². The second kappa shape index (κ2) is 10.9. The average molecular weight is 394 g/mol. The third kappa shape index (κ3) is 6.88. The second-order valence-corrected chi connectivity index (χ2v) is 7.08. The van der Waals surface area contributed by atoms with Gasteiger partial charge in [0.1, 0.15) is 18.2 Å². The highest BCUT2D eigenvalue weighted by molar-refractivity contribution is 6.31. The Kier molecular flexibility index (Phi) is 8.61. The highest BCUT2D eigenvalue weighted by atomic mass is 35.5. The van der Waals surface area contributed by atoms with Crippen LogP contribution in [0.2, 0.25) is 5.02 Å². The summed E-state index contributed by atoms with van der Waals surface area (Å²) in [5.74, 6) is 0.515. The van der Waals surface area contributed by atoms with E-state index in [-0.39, 0.29) is 24.4 Å². The summed E-state index contributed by atoms with van der Waals surface area (Å²) < 4.78 is 10.9. The number of carbonyl (C=O) groups excluding carboxylic acids is 1. The highest BCUT2D eigenvalue weighted by Crippen LogP contribution is 2.27. The molecule has 1 aromatic rings. The summed E-state index contributed by atoms with van der Waals surface area (Å²) in [5, 5.41) is 7.55. The monoisotopic (exact) mass is 393 g/mol. The zero-order valence-electron chi connectivity index (χ0n) is 15.6. The van der Waals surface area contributed by atoms with Crippen molar-refractivity contribution in [2.24, 2.45) is 5.73 Å². The van der Waals surface area contributed by atoms with Crippen LogP contribution >= 0.6 is 11.6 Å². The lowest BCUT2D eigenvalue weighted by Crippen LogP contribution is -2.38. The van der Waals surface area contributed by atoms with E-state index in [1.807, 2.05) is 4.90 Å². The van der Waals surface area contributed by atoms with Crippen molar-refractivity contribution in [2.75, 3.05) is 26.4 Å². The van der Waals surface area contributed by atoms with Crippen molar-refractivity contribution in [2.45, 2.75) is 38.1 Å². The first-order valence-electron chi connectivity index (χ1n) is 9.27. The van der Waals surface area contributed by atoms with Crippen molar-refractivity contribution >= 4 is 23.3 Å². The molecule has 7 heteroatoms. The van der Waals surface area contributed by atoms with Crippen LogP contribution in [0.1, 0.15) is 42.5 Å². The molecule has 1 aliphatic rings. The van der Waals surface area contributed by atoms with Gasteiger partial charge in [0, 0.05) is 29.6 Å². The molecule has 1 fully saturated rings. The molecule has 0 radical (unpaired) electrons. The molecule has 0 heterocycles. The highest BCUT2D eigenvalue weighted by Gasteiger charge is 2.27. The standard InChI is InChI=1S/C20H28ClN3O3/c1-2-8-24(17-6-3-4-7-17)20(25)15-11-16(21)13-18(12-15)27-10-5-9-26-14-19(22)23/h2,11-13,17H,1,3-10,14H2,(H3,22,23). The van der Waals surface area contributed by atoms with Crippen LogP contribution in [0.3, 0.4) is 0 Å². The Morgan fingerprint density at radius 2 is 2.07 bits per heavy atom. The molecule has 0 unspecified atom stereocenters.